The maximum absolute atomic E-state index is 5.47. The van der Waals surface area contributed by atoms with E-state index in [0.29, 0.717) is 24.0 Å². The Morgan fingerprint density at radius 1 is 0.833 bits per heavy atom. The molecule has 5 rings (SSSR count). The molecule has 2 aromatic carbocycles. The van der Waals surface area contributed by atoms with E-state index in [0.717, 1.165) is 16.7 Å². The zero-order valence-corrected chi connectivity index (χ0v) is 16.3. The van der Waals surface area contributed by atoms with Gasteiger partial charge in [0.1, 0.15) is 0 Å². The summed E-state index contributed by atoms with van der Waals surface area (Å²) >= 11 is 0. The van der Waals surface area contributed by atoms with Crippen molar-refractivity contribution < 1.29 is 4.52 Å². The average molecular weight is 394 g/mol. The second kappa shape index (κ2) is 7.71. The lowest BCUT2D eigenvalue weighted by atomic mass is 10.1. The molecule has 3 aromatic heterocycles. The molecule has 0 aliphatic heterocycles. The summed E-state index contributed by atoms with van der Waals surface area (Å²) in [5, 5.41) is 8.76. The van der Waals surface area contributed by atoms with E-state index in [9.17, 15) is 0 Å². The third kappa shape index (κ3) is 3.60. The zero-order chi connectivity index (χ0) is 20.3. The predicted octanol–water partition coefficient (Wildman–Crippen LogP) is 4.41. The van der Waals surface area contributed by atoms with Crippen molar-refractivity contribution in [3.8, 4) is 34.5 Å². The van der Waals surface area contributed by atoms with Gasteiger partial charge >= 0.3 is 0 Å². The Morgan fingerprint density at radius 3 is 2.43 bits per heavy atom. The van der Waals surface area contributed by atoms with Crippen LogP contribution in [0.25, 0.3) is 34.5 Å². The molecule has 0 aliphatic rings. The number of aromatic nitrogens is 6. The van der Waals surface area contributed by atoms with E-state index in [-0.39, 0.29) is 5.89 Å². The lowest BCUT2D eigenvalue weighted by Crippen LogP contribution is -2.04. The van der Waals surface area contributed by atoms with Crippen molar-refractivity contribution in [1.29, 1.82) is 0 Å². The van der Waals surface area contributed by atoms with Crippen molar-refractivity contribution in [3.05, 3.63) is 90.3 Å². The van der Waals surface area contributed by atoms with Gasteiger partial charge in [-0.05, 0) is 24.6 Å². The van der Waals surface area contributed by atoms with Gasteiger partial charge < -0.3 is 4.52 Å². The summed E-state index contributed by atoms with van der Waals surface area (Å²) in [7, 11) is 0. The first-order chi connectivity index (χ1) is 14.8. The van der Waals surface area contributed by atoms with E-state index in [1.807, 2.05) is 66.2 Å². The number of pyridine rings is 1. The smallest absolute Gasteiger partial charge is 0.297 e. The Hall–Kier alpha value is -4.13. The van der Waals surface area contributed by atoms with Gasteiger partial charge in [0.15, 0.2) is 5.82 Å². The molecule has 7 nitrogen and oxygen atoms in total. The van der Waals surface area contributed by atoms with Crippen LogP contribution in [0, 0.1) is 6.92 Å². The van der Waals surface area contributed by atoms with Crippen molar-refractivity contribution in [2.75, 3.05) is 0 Å². The van der Waals surface area contributed by atoms with Crippen LogP contribution in [0.5, 0.6) is 0 Å². The number of rotatable bonds is 5. The molecule has 0 atom stereocenters. The van der Waals surface area contributed by atoms with Crippen LogP contribution in [0.3, 0.4) is 0 Å². The van der Waals surface area contributed by atoms with E-state index < -0.39 is 0 Å². The molecule has 7 heteroatoms. The minimum atomic E-state index is 0.280. The summed E-state index contributed by atoms with van der Waals surface area (Å²) < 4.78 is 7.31. The first-order valence-electron chi connectivity index (χ1n) is 9.56. The molecule has 0 saturated heterocycles. The summed E-state index contributed by atoms with van der Waals surface area (Å²) in [5.74, 6) is 1.86. The number of nitrogens with zero attached hydrogens (tertiary/aromatic N) is 6. The van der Waals surface area contributed by atoms with Crippen LogP contribution in [0.1, 0.15) is 11.1 Å². The largest absolute Gasteiger partial charge is 0.330 e. The molecular weight excluding hydrogens is 376 g/mol. The lowest BCUT2D eigenvalue weighted by Gasteiger charge is -2.05. The summed E-state index contributed by atoms with van der Waals surface area (Å²) in [6, 6.07) is 21.9. The van der Waals surface area contributed by atoms with E-state index >= 15 is 0 Å². The second-order valence-electron chi connectivity index (χ2n) is 6.93. The van der Waals surface area contributed by atoms with E-state index in [1.54, 1.807) is 12.4 Å². The van der Waals surface area contributed by atoms with E-state index in [2.05, 4.69) is 37.3 Å². The predicted molar refractivity (Wildman–Crippen MR) is 112 cm³/mol. The van der Waals surface area contributed by atoms with Crippen molar-refractivity contribution in [2.24, 2.45) is 0 Å². The van der Waals surface area contributed by atoms with E-state index in [1.165, 1.54) is 5.56 Å². The van der Waals surface area contributed by atoms with Crippen molar-refractivity contribution in [2.45, 2.75) is 13.5 Å². The lowest BCUT2D eigenvalue weighted by molar-refractivity contribution is 0.429. The molecule has 0 bridgehead atoms. The SMILES string of the molecule is Cc1ccc(-c2noc(-c3nc(-c4cccnc4)n(Cc4ccccc4)n3)n2)cc1. The quantitative estimate of drug-likeness (QED) is 0.439. The van der Waals surface area contributed by atoms with Crippen LogP contribution in [0.15, 0.2) is 83.6 Å². The van der Waals surface area contributed by atoms with Crippen molar-refractivity contribution >= 4 is 0 Å². The third-order valence-electron chi connectivity index (χ3n) is 4.69. The Balaban J connectivity index is 1.54. The van der Waals surface area contributed by atoms with E-state index in [4.69, 9.17) is 4.52 Å². The molecule has 30 heavy (non-hydrogen) atoms. The summed E-state index contributed by atoms with van der Waals surface area (Å²) in [6.45, 7) is 2.60. The molecule has 0 radical (unpaired) electrons. The molecule has 0 saturated carbocycles. The number of hydrogen-bond donors (Lipinski definition) is 0. The van der Waals surface area contributed by atoms with Gasteiger partial charge in [0.25, 0.3) is 5.89 Å². The molecule has 0 fully saturated rings. The fourth-order valence-electron chi connectivity index (χ4n) is 3.14. The van der Waals surface area contributed by atoms with Crippen LogP contribution in [-0.4, -0.2) is 29.9 Å². The Labute approximate surface area is 173 Å². The maximum atomic E-state index is 5.47. The molecule has 146 valence electrons. The second-order valence-corrected chi connectivity index (χ2v) is 6.93. The highest BCUT2D eigenvalue weighted by atomic mass is 16.5. The molecule has 5 aromatic rings. The minimum absolute atomic E-state index is 0.280. The molecule has 0 N–H and O–H groups in total. The Morgan fingerprint density at radius 2 is 1.67 bits per heavy atom. The number of hydrogen-bond acceptors (Lipinski definition) is 6. The van der Waals surface area contributed by atoms with Gasteiger partial charge in [0.2, 0.25) is 11.6 Å². The Kier molecular flexibility index (Phi) is 4.61. The monoisotopic (exact) mass is 394 g/mol. The zero-order valence-electron chi connectivity index (χ0n) is 16.3. The highest BCUT2D eigenvalue weighted by Crippen LogP contribution is 2.24. The molecule has 0 unspecified atom stereocenters. The van der Waals surface area contributed by atoms with Gasteiger partial charge in [-0.25, -0.2) is 9.67 Å². The van der Waals surface area contributed by atoms with Crippen LogP contribution < -0.4 is 0 Å². The van der Waals surface area contributed by atoms with Gasteiger partial charge in [0, 0.05) is 23.5 Å². The number of aryl methyl sites for hydroxylation is 1. The topological polar surface area (TPSA) is 82.5 Å². The number of benzene rings is 2. The molecule has 0 amide bonds. The van der Waals surface area contributed by atoms with Gasteiger partial charge in [-0.15, -0.1) is 5.10 Å². The highest BCUT2D eigenvalue weighted by Gasteiger charge is 2.19. The molecular formula is C23H18N6O. The standard InChI is InChI=1S/C23H18N6O/c1-16-9-11-18(12-10-16)20-26-23(30-28-20)21-25-22(19-8-5-13-24-14-19)29(27-21)15-17-6-3-2-4-7-17/h2-14H,15H2,1H3. The highest BCUT2D eigenvalue weighted by molar-refractivity contribution is 5.59. The molecule has 0 spiro atoms. The maximum Gasteiger partial charge on any atom is 0.297 e. The van der Waals surface area contributed by atoms with Crippen LogP contribution in [-0.2, 0) is 6.54 Å². The fourth-order valence-corrected chi connectivity index (χ4v) is 3.14. The van der Waals surface area contributed by atoms with Crippen LogP contribution in [0.2, 0.25) is 0 Å². The van der Waals surface area contributed by atoms with Crippen LogP contribution >= 0.6 is 0 Å². The molecule has 3 heterocycles. The van der Waals surface area contributed by atoms with Gasteiger partial charge in [0.05, 0.1) is 6.54 Å². The summed E-state index contributed by atoms with van der Waals surface area (Å²) in [4.78, 5) is 13.4. The normalized spacial score (nSPS) is 11.0. The minimum Gasteiger partial charge on any atom is -0.330 e. The Bertz CT molecular complexity index is 1260. The first-order valence-corrected chi connectivity index (χ1v) is 9.56. The van der Waals surface area contributed by atoms with Gasteiger partial charge in [-0.3, -0.25) is 4.98 Å². The molecule has 0 aliphatic carbocycles. The third-order valence-corrected chi connectivity index (χ3v) is 4.69. The fraction of sp³-hybridized carbons (Fsp3) is 0.0870. The van der Waals surface area contributed by atoms with Gasteiger partial charge in [-0.2, -0.15) is 4.98 Å². The van der Waals surface area contributed by atoms with Crippen LogP contribution in [0.4, 0.5) is 0 Å². The summed E-state index contributed by atoms with van der Waals surface area (Å²) in [6.07, 6.45) is 3.50. The first kappa shape index (κ1) is 17.9. The van der Waals surface area contributed by atoms with Crippen molar-refractivity contribution in [3.63, 3.8) is 0 Å². The average Bonchev–Trinajstić information content (AvgIpc) is 3.43. The van der Waals surface area contributed by atoms with Crippen molar-refractivity contribution in [1.82, 2.24) is 29.9 Å². The summed E-state index contributed by atoms with van der Waals surface area (Å²) in [5.41, 5.74) is 4.03. The van der Waals surface area contributed by atoms with Gasteiger partial charge in [-0.1, -0.05) is 65.3 Å².